The minimum Gasteiger partial charge on any atom is -0.468 e. The Kier molecular flexibility index (Phi) is 4.65. The Bertz CT molecular complexity index is 295. The summed E-state index contributed by atoms with van der Waals surface area (Å²) in [4.78, 5) is 34.4. The number of hydrogen-bond donors (Lipinski definition) is 0. The van der Waals surface area contributed by atoms with Crippen LogP contribution in [-0.4, -0.2) is 24.6 Å². The Morgan fingerprint density at radius 3 is 2.62 bits per heavy atom. The smallest absolute Gasteiger partial charge is 0.316 e. The normalized spacial score (nSPS) is 23.4. The molecular formula is C12H18O4. The molecule has 0 N–H and O–H groups in total. The number of Topliss-reactive ketones (excluding diaryl/α,β-unsaturated/α-hetero) is 2. The summed E-state index contributed by atoms with van der Waals surface area (Å²) in [6, 6.07) is 0. The highest BCUT2D eigenvalue weighted by atomic mass is 16.5. The second kappa shape index (κ2) is 5.77. The molecule has 1 rings (SSSR count). The molecule has 1 aliphatic carbocycles. The molecule has 1 saturated carbocycles. The summed E-state index contributed by atoms with van der Waals surface area (Å²) in [6.45, 7) is 1.39. The highest BCUT2D eigenvalue weighted by molar-refractivity contribution is 5.98. The van der Waals surface area contributed by atoms with E-state index in [1.807, 2.05) is 0 Å². The van der Waals surface area contributed by atoms with Crippen molar-refractivity contribution in [2.24, 2.45) is 11.8 Å². The number of ether oxygens (including phenoxy) is 1. The number of rotatable bonds is 3. The van der Waals surface area contributed by atoms with Gasteiger partial charge in [0, 0.05) is 12.8 Å². The second-order valence-electron chi connectivity index (χ2n) is 4.36. The standard InChI is InChI=1S/C12H18O4/c1-8(13)11(12(15)16-2)9-5-3-4-6-10(14)7-9/h9,11H,3-7H2,1-2H3/t9-,11?/m0/s1. The first-order valence-electron chi connectivity index (χ1n) is 5.66. The van der Waals surface area contributed by atoms with Crippen LogP contribution < -0.4 is 0 Å². The lowest BCUT2D eigenvalue weighted by Gasteiger charge is -2.20. The number of carbonyl (C=O) groups excluding carboxylic acids is 3. The van der Waals surface area contributed by atoms with E-state index in [-0.39, 0.29) is 17.5 Å². The van der Waals surface area contributed by atoms with Crippen molar-refractivity contribution in [3.63, 3.8) is 0 Å². The molecule has 1 fully saturated rings. The molecule has 1 unspecified atom stereocenters. The number of carbonyl (C=O) groups is 3. The van der Waals surface area contributed by atoms with Crippen LogP contribution in [0.25, 0.3) is 0 Å². The largest absolute Gasteiger partial charge is 0.468 e. The van der Waals surface area contributed by atoms with Crippen molar-refractivity contribution in [3.8, 4) is 0 Å². The van der Waals surface area contributed by atoms with Crippen molar-refractivity contribution in [1.82, 2.24) is 0 Å². The molecule has 0 aromatic carbocycles. The maximum absolute atomic E-state index is 11.5. The summed E-state index contributed by atoms with van der Waals surface area (Å²) < 4.78 is 4.63. The fourth-order valence-electron chi connectivity index (χ4n) is 2.33. The molecule has 1 aliphatic rings. The molecule has 16 heavy (non-hydrogen) atoms. The van der Waals surface area contributed by atoms with Gasteiger partial charge in [-0.2, -0.15) is 0 Å². The molecule has 90 valence electrons. The summed E-state index contributed by atoms with van der Waals surface area (Å²) in [5.41, 5.74) is 0. The van der Waals surface area contributed by atoms with Gasteiger partial charge in [0.2, 0.25) is 0 Å². The Labute approximate surface area is 95.3 Å². The molecule has 0 radical (unpaired) electrons. The summed E-state index contributed by atoms with van der Waals surface area (Å²) in [5.74, 6) is -1.48. The SMILES string of the molecule is COC(=O)C(C(C)=O)[C@H]1CCCCC(=O)C1. The van der Waals surface area contributed by atoms with Gasteiger partial charge in [-0.1, -0.05) is 6.42 Å². The summed E-state index contributed by atoms with van der Waals surface area (Å²) in [7, 11) is 1.27. The molecule has 2 atom stereocenters. The van der Waals surface area contributed by atoms with Crippen LogP contribution in [-0.2, 0) is 19.1 Å². The van der Waals surface area contributed by atoms with Crippen LogP contribution in [0.1, 0.15) is 39.0 Å². The van der Waals surface area contributed by atoms with E-state index >= 15 is 0 Å². The van der Waals surface area contributed by atoms with Gasteiger partial charge in [-0.25, -0.2) is 0 Å². The molecule has 0 aromatic heterocycles. The zero-order chi connectivity index (χ0) is 12.1. The zero-order valence-corrected chi connectivity index (χ0v) is 9.82. The van der Waals surface area contributed by atoms with Gasteiger partial charge in [-0.15, -0.1) is 0 Å². The van der Waals surface area contributed by atoms with Crippen molar-refractivity contribution in [2.45, 2.75) is 39.0 Å². The fraction of sp³-hybridized carbons (Fsp3) is 0.750. The van der Waals surface area contributed by atoms with E-state index in [1.165, 1.54) is 14.0 Å². The summed E-state index contributed by atoms with van der Waals surface area (Å²) >= 11 is 0. The number of methoxy groups -OCH3 is 1. The first-order valence-corrected chi connectivity index (χ1v) is 5.66. The summed E-state index contributed by atoms with van der Waals surface area (Å²) in [6.07, 6.45) is 3.42. The average Bonchev–Trinajstić information content (AvgIpc) is 2.42. The van der Waals surface area contributed by atoms with Crippen molar-refractivity contribution in [3.05, 3.63) is 0 Å². The van der Waals surface area contributed by atoms with E-state index in [1.54, 1.807) is 0 Å². The lowest BCUT2D eigenvalue weighted by Crippen LogP contribution is -2.31. The minimum absolute atomic E-state index is 0.151. The predicted molar refractivity (Wildman–Crippen MR) is 57.8 cm³/mol. The lowest BCUT2D eigenvalue weighted by atomic mass is 9.83. The number of ketones is 2. The van der Waals surface area contributed by atoms with Gasteiger partial charge in [0.15, 0.2) is 0 Å². The van der Waals surface area contributed by atoms with E-state index < -0.39 is 11.9 Å². The van der Waals surface area contributed by atoms with Crippen molar-refractivity contribution < 1.29 is 19.1 Å². The monoisotopic (exact) mass is 226 g/mol. The van der Waals surface area contributed by atoms with Gasteiger partial charge >= 0.3 is 5.97 Å². The van der Waals surface area contributed by atoms with Crippen LogP contribution in [0.15, 0.2) is 0 Å². The molecule has 0 aromatic rings. The van der Waals surface area contributed by atoms with Gasteiger partial charge in [-0.05, 0) is 25.7 Å². The molecule has 0 heterocycles. The molecule has 4 nitrogen and oxygen atoms in total. The third-order valence-electron chi connectivity index (χ3n) is 3.13. The van der Waals surface area contributed by atoms with Gasteiger partial charge in [0.05, 0.1) is 7.11 Å². The fourth-order valence-corrected chi connectivity index (χ4v) is 2.33. The Balaban J connectivity index is 2.80. The Hall–Kier alpha value is -1.19. The van der Waals surface area contributed by atoms with Gasteiger partial charge < -0.3 is 4.74 Å². The predicted octanol–water partition coefficient (Wildman–Crippen LogP) is 1.51. The lowest BCUT2D eigenvalue weighted by molar-refractivity contribution is -0.151. The molecule has 0 saturated heterocycles. The van der Waals surface area contributed by atoms with Crippen molar-refractivity contribution in [2.75, 3.05) is 7.11 Å². The number of hydrogen-bond acceptors (Lipinski definition) is 4. The quantitative estimate of drug-likeness (QED) is 0.416. The van der Waals surface area contributed by atoms with E-state index in [2.05, 4.69) is 4.74 Å². The zero-order valence-electron chi connectivity index (χ0n) is 9.82. The highest BCUT2D eigenvalue weighted by Gasteiger charge is 2.35. The van der Waals surface area contributed by atoms with E-state index in [4.69, 9.17) is 0 Å². The van der Waals surface area contributed by atoms with Crippen molar-refractivity contribution in [1.29, 1.82) is 0 Å². The first kappa shape index (κ1) is 12.9. The van der Waals surface area contributed by atoms with Gasteiger partial charge in [-0.3, -0.25) is 14.4 Å². The van der Waals surface area contributed by atoms with E-state index in [0.29, 0.717) is 12.8 Å². The topological polar surface area (TPSA) is 60.4 Å². The minimum atomic E-state index is -0.757. The highest BCUT2D eigenvalue weighted by Crippen LogP contribution is 2.28. The number of esters is 1. The van der Waals surface area contributed by atoms with Crippen LogP contribution in [0.4, 0.5) is 0 Å². The third kappa shape index (κ3) is 3.15. The molecular weight excluding hydrogens is 208 g/mol. The second-order valence-corrected chi connectivity index (χ2v) is 4.36. The van der Waals surface area contributed by atoms with Crippen molar-refractivity contribution >= 4 is 17.5 Å². The third-order valence-corrected chi connectivity index (χ3v) is 3.13. The molecule has 0 spiro atoms. The molecule has 0 bridgehead atoms. The summed E-state index contributed by atoms with van der Waals surface area (Å²) in [5, 5.41) is 0. The molecule has 0 amide bonds. The van der Waals surface area contributed by atoms with Crippen LogP contribution in [0.5, 0.6) is 0 Å². The van der Waals surface area contributed by atoms with E-state index in [9.17, 15) is 14.4 Å². The first-order chi connectivity index (χ1) is 7.56. The Morgan fingerprint density at radius 1 is 1.38 bits per heavy atom. The average molecular weight is 226 g/mol. The molecule has 0 aliphatic heterocycles. The van der Waals surface area contributed by atoms with Crippen LogP contribution in [0.2, 0.25) is 0 Å². The van der Waals surface area contributed by atoms with Crippen LogP contribution in [0, 0.1) is 11.8 Å². The van der Waals surface area contributed by atoms with Crippen LogP contribution >= 0.6 is 0 Å². The maximum atomic E-state index is 11.5. The maximum Gasteiger partial charge on any atom is 0.316 e. The van der Waals surface area contributed by atoms with E-state index in [0.717, 1.165) is 19.3 Å². The molecule has 4 heteroatoms. The van der Waals surface area contributed by atoms with Gasteiger partial charge in [0.25, 0.3) is 0 Å². The van der Waals surface area contributed by atoms with Crippen LogP contribution in [0.3, 0.4) is 0 Å². The Morgan fingerprint density at radius 2 is 2.06 bits per heavy atom. The van der Waals surface area contributed by atoms with Gasteiger partial charge in [0.1, 0.15) is 17.5 Å².